The summed E-state index contributed by atoms with van der Waals surface area (Å²) in [7, 11) is 0. The number of amides is 7. The molecular weight excluding hydrogens is 644 g/mol. The summed E-state index contributed by atoms with van der Waals surface area (Å²) in [5.41, 5.74) is 3.99. The molecule has 14 nitrogen and oxygen atoms in total. The van der Waals surface area contributed by atoms with E-state index in [0.717, 1.165) is 32.1 Å². The first kappa shape index (κ1) is 32.4. The van der Waals surface area contributed by atoms with Crippen LogP contribution in [-0.4, -0.2) is 91.0 Å². The Morgan fingerprint density at radius 1 is 0.660 bits per heavy atom. The van der Waals surface area contributed by atoms with Crippen LogP contribution in [0.3, 0.4) is 0 Å². The predicted molar refractivity (Wildman–Crippen MR) is 174 cm³/mol. The number of imide groups is 3. The molecule has 2 saturated heterocycles. The Balaban J connectivity index is 0.911. The molecule has 6 heterocycles. The van der Waals surface area contributed by atoms with Gasteiger partial charge in [-0.05, 0) is 93.5 Å². The quantitative estimate of drug-likeness (QED) is 0.429. The fourth-order valence-electron chi connectivity index (χ4n) is 8.10. The maximum atomic E-state index is 13.5. The lowest BCUT2D eigenvalue weighted by molar-refractivity contribution is -0.186. The predicted octanol–water partition coefficient (Wildman–Crippen LogP) is 1.78. The van der Waals surface area contributed by atoms with Crippen LogP contribution in [0.4, 0.5) is 0 Å². The number of benzene rings is 2. The van der Waals surface area contributed by atoms with Crippen LogP contribution in [-0.2, 0) is 45.3 Å². The average Bonchev–Trinajstić information content (AvgIpc) is 3.79. The second-order valence-corrected chi connectivity index (χ2v) is 14.8. The monoisotopic (exact) mass is 682 g/mol. The van der Waals surface area contributed by atoms with Gasteiger partial charge in [0.25, 0.3) is 23.6 Å². The molecule has 0 aromatic heterocycles. The number of carbonyl (C=O) groups is 7. The van der Waals surface area contributed by atoms with Crippen LogP contribution in [0.25, 0.3) is 0 Å². The largest absolute Gasteiger partial charge is 0.338 e. The van der Waals surface area contributed by atoms with Gasteiger partial charge in [0.2, 0.25) is 17.7 Å². The van der Waals surface area contributed by atoms with E-state index in [1.165, 1.54) is 0 Å². The van der Waals surface area contributed by atoms with Crippen LogP contribution < -0.4 is 10.6 Å². The molecule has 0 radical (unpaired) electrons. The number of ether oxygens (including phenoxy) is 1. The molecule has 2 fully saturated rings. The molecule has 3 atom stereocenters. The summed E-state index contributed by atoms with van der Waals surface area (Å²) >= 11 is 0. The Kier molecular flexibility index (Phi) is 7.37. The highest BCUT2D eigenvalue weighted by Crippen LogP contribution is 2.38. The molecule has 0 spiro atoms. The van der Waals surface area contributed by atoms with Crippen molar-refractivity contribution in [1.82, 2.24) is 30.2 Å². The number of rotatable bonds is 6. The van der Waals surface area contributed by atoms with Gasteiger partial charge in [-0.25, -0.2) is 0 Å². The summed E-state index contributed by atoms with van der Waals surface area (Å²) < 4.78 is 6.42. The molecule has 14 heteroatoms. The van der Waals surface area contributed by atoms with Crippen molar-refractivity contribution in [2.45, 2.75) is 110 Å². The van der Waals surface area contributed by atoms with Gasteiger partial charge in [0.15, 0.2) is 0 Å². The van der Waals surface area contributed by atoms with Gasteiger partial charge < -0.3 is 10.1 Å². The van der Waals surface area contributed by atoms with E-state index >= 15 is 0 Å². The van der Waals surface area contributed by atoms with Gasteiger partial charge in [0, 0.05) is 38.6 Å². The van der Waals surface area contributed by atoms with E-state index in [1.807, 2.05) is 30.9 Å². The number of nitrogens with one attached hydrogen (secondary N) is 2. The van der Waals surface area contributed by atoms with Crippen LogP contribution >= 0.6 is 0 Å². The summed E-state index contributed by atoms with van der Waals surface area (Å²) in [6, 6.07) is 5.37. The first-order chi connectivity index (χ1) is 23.7. The van der Waals surface area contributed by atoms with Crippen molar-refractivity contribution in [3.8, 4) is 0 Å². The van der Waals surface area contributed by atoms with Gasteiger partial charge in [0.1, 0.15) is 24.0 Å². The highest BCUT2D eigenvalue weighted by molar-refractivity contribution is 6.24. The van der Waals surface area contributed by atoms with Crippen molar-refractivity contribution in [2.24, 2.45) is 0 Å². The highest BCUT2D eigenvalue weighted by atomic mass is 16.5. The molecule has 2 aromatic carbocycles. The standard InChI is InChI=1S/C36H38N6O8/c1-17(2)39-13-18-9-22-23(10-19(18)14-39)33(47)42(32(22)46)27-6-8-29(38-31(27)45)50-36(3,4)40-15-20-11-24-25(12-21(20)16-40)35(49)41(34(24)48)26-5-7-28(43)37-30(26)44/h9-12,17,26-27,29H,5-8,13-16H2,1-4H3,(H,38,45)(H,37,43,44)/t26-,27+,29?/m1/s1. The number of fused-ring (bicyclic) bond motifs is 4. The first-order valence-electron chi connectivity index (χ1n) is 17.1. The summed E-state index contributed by atoms with van der Waals surface area (Å²) in [5.74, 6) is -3.55. The Bertz CT molecular complexity index is 1860. The molecule has 260 valence electrons. The van der Waals surface area contributed by atoms with Gasteiger partial charge >= 0.3 is 0 Å². The van der Waals surface area contributed by atoms with Gasteiger partial charge in [-0.2, -0.15) is 0 Å². The van der Waals surface area contributed by atoms with Crippen LogP contribution in [0, 0.1) is 0 Å². The minimum atomic E-state index is -1.03. The topological polar surface area (TPSA) is 166 Å². The lowest BCUT2D eigenvalue weighted by Gasteiger charge is -2.41. The van der Waals surface area contributed by atoms with Gasteiger partial charge in [-0.1, -0.05) is 0 Å². The lowest BCUT2D eigenvalue weighted by Crippen LogP contribution is -2.58. The number of piperidine rings is 2. The molecule has 7 amide bonds. The minimum Gasteiger partial charge on any atom is -0.338 e. The Morgan fingerprint density at radius 3 is 1.56 bits per heavy atom. The SMILES string of the molecule is CC(C)N1Cc2cc3c(cc2C1)C(=O)N([C@H]1CCC(OC(C)(C)N2Cc4cc5c(cc4C2)C(=O)N([C@@H]2CCC(=O)NC2=O)C5=O)NC1=O)C3=O. The van der Waals surface area contributed by atoms with Gasteiger partial charge in [0.05, 0.1) is 22.3 Å². The molecule has 0 bridgehead atoms. The van der Waals surface area contributed by atoms with Crippen molar-refractivity contribution >= 4 is 41.4 Å². The number of hydrogen-bond acceptors (Lipinski definition) is 10. The second-order valence-electron chi connectivity index (χ2n) is 14.8. The third-order valence-electron chi connectivity index (χ3n) is 11.0. The van der Waals surface area contributed by atoms with Crippen LogP contribution in [0.5, 0.6) is 0 Å². The summed E-state index contributed by atoms with van der Waals surface area (Å²) in [5, 5.41) is 5.09. The number of hydrogen-bond donors (Lipinski definition) is 2. The molecule has 8 rings (SSSR count). The molecule has 6 aliphatic heterocycles. The summed E-state index contributed by atoms with van der Waals surface area (Å²) in [6.07, 6.45) is 0.0921. The third kappa shape index (κ3) is 4.99. The lowest BCUT2D eigenvalue weighted by atomic mass is 10.0. The fraction of sp³-hybridized carbons (Fsp3) is 0.472. The van der Waals surface area contributed by atoms with E-state index in [-0.39, 0.29) is 30.4 Å². The Morgan fingerprint density at radius 2 is 1.12 bits per heavy atom. The maximum absolute atomic E-state index is 13.5. The van der Waals surface area contributed by atoms with Crippen LogP contribution in [0.1, 0.15) is 117 Å². The van der Waals surface area contributed by atoms with Crippen molar-refractivity contribution in [1.29, 1.82) is 0 Å². The maximum Gasteiger partial charge on any atom is 0.262 e. The average molecular weight is 683 g/mol. The Labute approximate surface area is 288 Å². The molecule has 0 aliphatic carbocycles. The van der Waals surface area contributed by atoms with Gasteiger partial charge in [-0.3, -0.25) is 58.5 Å². The smallest absolute Gasteiger partial charge is 0.262 e. The van der Waals surface area contributed by atoms with Crippen molar-refractivity contribution in [3.05, 3.63) is 68.8 Å². The molecule has 6 aliphatic rings. The van der Waals surface area contributed by atoms with E-state index in [2.05, 4.69) is 29.4 Å². The number of carbonyl (C=O) groups excluding carboxylic acids is 7. The van der Waals surface area contributed by atoms with E-state index in [9.17, 15) is 33.6 Å². The van der Waals surface area contributed by atoms with E-state index in [1.54, 1.807) is 12.1 Å². The highest BCUT2D eigenvalue weighted by Gasteiger charge is 2.48. The molecule has 50 heavy (non-hydrogen) atoms. The molecule has 2 aromatic rings. The van der Waals surface area contributed by atoms with E-state index in [0.29, 0.717) is 49.8 Å². The van der Waals surface area contributed by atoms with Crippen molar-refractivity contribution < 1.29 is 38.3 Å². The zero-order valence-corrected chi connectivity index (χ0v) is 28.3. The first-order valence-corrected chi connectivity index (χ1v) is 17.1. The third-order valence-corrected chi connectivity index (χ3v) is 11.0. The molecule has 1 unspecified atom stereocenters. The van der Waals surface area contributed by atoms with E-state index in [4.69, 9.17) is 4.74 Å². The molecule has 0 saturated carbocycles. The number of nitrogens with zero attached hydrogens (tertiary/aromatic N) is 4. The normalized spacial score (nSPS) is 25.4. The van der Waals surface area contributed by atoms with Crippen LogP contribution in [0.2, 0.25) is 0 Å². The molecular formula is C36H38N6O8. The van der Waals surface area contributed by atoms with Crippen molar-refractivity contribution in [2.75, 3.05) is 0 Å². The van der Waals surface area contributed by atoms with E-state index < -0.39 is 65.4 Å². The zero-order valence-electron chi connectivity index (χ0n) is 28.3. The van der Waals surface area contributed by atoms with Crippen molar-refractivity contribution in [3.63, 3.8) is 0 Å². The second kappa shape index (κ2) is 11.4. The van der Waals surface area contributed by atoms with Gasteiger partial charge in [-0.15, -0.1) is 0 Å². The minimum absolute atomic E-state index is 0.0501. The summed E-state index contributed by atoms with van der Waals surface area (Å²) in [4.78, 5) is 97.5. The fourth-order valence-corrected chi connectivity index (χ4v) is 8.10. The molecule has 2 N–H and O–H groups in total. The zero-order chi connectivity index (χ0) is 35.4. The summed E-state index contributed by atoms with van der Waals surface area (Å²) in [6.45, 7) is 10.2. The Hall–Kier alpha value is -4.79. The van der Waals surface area contributed by atoms with Crippen LogP contribution in [0.15, 0.2) is 24.3 Å².